The highest BCUT2D eigenvalue weighted by molar-refractivity contribution is 7.15. The van der Waals surface area contributed by atoms with Gasteiger partial charge in [-0.25, -0.2) is 0 Å². The third-order valence-corrected chi connectivity index (χ3v) is 6.81. The van der Waals surface area contributed by atoms with Crippen molar-refractivity contribution >= 4 is 22.4 Å². The van der Waals surface area contributed by atoms with Crippen molar-refractivity contribution in [2.75, 3.05) is 31.7 Å². The zero-order valence-corrected chi connectivity index (χ0v) is 15.3. The van der Waals surface area contributed by atoms with Crippen LogP contribution in [0.4, 0.5) is 5.13 Å². The lowest BCUT2D eigenvalue weighted by Gasteiger charge is -2.40. The number of aromatic nitrogens is 2. The first-order chi connectivity index (χ1) is 11.6. The zero-order chi connectivity index (χ0) is 16.7. The number of carbonyl (C=O) groups is 1. The van der Waals surface area contributed by atoms with E-state index in [1.165, 1.54) is 12.8 Å². The van der Waals surface area contributed by atoms with Gasteiger partial charge in [-0.15, -0.1) is 10.2 Å². The number of ether oxygens (including phenoxy) is 1. The molecular weight excluding hydrogens is 324 g/mol. The summed E-state index contributed by atoms with van der Waals surface area (Å²) in [5, 5.41) is 13.8. The lowest BCUT2D eigenvalue weighted by molar-refractivity contribution is -0.141. The number of nitrogens with one attached hydrogen (secondary N) is 1. The van der Waals surface area contributed by atoms with Crippen molar-refractivity contribution in [1.82, 2.24) is 15.5 Å². The number of rotatable bonds is 6. The van der Waals surface area contributed by atoms with Gasteiger partial charge in [-0.3, -0.25) is 4.79 Å². The highest BCUT2D eigenvalue weighted by Crippen LogP contribution is 2.44. The average molecular weight is 350 g/mol. The summed E-state index contributed by atoms with van der Waals surface area (Å²) >= 11 is 1.64. The molecule has 1 N–H and O–H groups in total. The summed E-state index contributed by atoms with van der Waals surface area (Å²) in [5.74, 6) is 1.49. The molecule has 132 valence electrons. The number of hydrogen-bond acceptors (Lipinski definition) is 6. The first-order valence-electron chi connectivity index (χ1n) is 8.96. The Kier molecular flexibility index (Phi) is 4.24. The largest absolute Gasteiger partial charge is 0.384 e. The van der Waals surface area contributed by atoms with E-state index in [2.05, 4.69) is 20.4 Å². The van der Waals surface area contributed by atoms with Gasteiger partial charge in [-0.05, 0) is 38.5 Å². The maximum atomic E-state index is 12.9. The molecule has 0 spiro atoms. The van der Waals surface area contributed by atoms with E-state index in [1.54, 1.807) is 18.4 Å². The van der Waals surface area contributed by atoms with Crippen molar-refractivity contribution < 1.29 is 9.53 Å². The van der Waals surface area contributed by atoms with Crippen LogP contribution in [0.15, 0.2) is 0 Å². The minimum absolute atomic E-state index is 0.196. The molecule has 2 heterocycles. The first kappa shape index (κ1) is 16.3. The Morgan fingerprint density at radius 3 is 2.71 bits per heavy atom. The Morgan fingerprint density at radius 2 is 2.17 bits per heavy atom. The van der Waals surface area contributed by atoms with E-state index in [4.69, 9.17) is 4.74 Å². The first-order valence-corrected chi connectivity index (χ1v) is 9.78. The van der Waals surface area contributed by atoms with E-state index in [9.17, 15) is 4.79 Å². The summed E-state index contributed by atoms with van der Waals surface area (Å²) in [5.41, 5.74) is -0.282. The summed E-state index contributed by atoms with van der Waals surface area (Å²) in [7, 11) is 1.69. The van der Waals surface area contributed by atoms with Gasteiger partial charge in [0.15, 0.2) is 0 Å². The third-order valence-electron chi connectivity index (χ3n) is 5.91. The maximum absolute atomic E-state index is 12.9. The van der Waals surface area contributed by atoms with E-state index in [1.807, 2.05) is 6.92 Å². The van der Waals surface area contributed by atoms with Crippen LogP contribution in [-0.4, -0.2) is 49.0 Å². The van der Waals surface area contributed by atoms with Gasteiger partial charge >= 0.3 is 0 Å². The van der Waals surface area contributed by atoms with Crippen molar-refractivity contribution in [2.24, 2.45) is 17.3 Å². The average Bonchev–Trinajstić information content (AvgIpc) is 3.14. The zero-order valence-electron chi connectivity index (χ0n) is 14.5. The van der Waals surface area contributed by atoms with E-state index < -0.39 is 0 Å². The fraction of sp³-hybridized carbons (Fsp3) is 0.824. The van der Waals surface area contributed by atoms with Crippen molar-refractivity contribution in [3.05, 3.63) is 5.01 Å². The van der Waals surface area contributed by atoms with Gasteiger partial charge in [0.05, 0.1) is 18.1 Å². The molecule has 1 aliphatic heterocycles. The molecule has 1 aromatic rings. The van der Waals surface area contributed by atoms with Crippen LogP contribution in [0.3, 0.4) is 0 Å². The number of nitrogens with zero attached hydrogens (tertiary/aromatic N) is 3. The van der Waals surface area contributed by atoms with Crippen LogP contribution >= 0.6 is 11.3 Å². The van der Waals surface area contributed by atoms with Gasteiger partial charge in [0, 0.05) is 26.1 Å². The molecule has 4 rings (SSSR count). The second-order valence-corrected chi connectivity index (χ2v) is 8.82. The second-order valence-electron chi connectivity index (χ2n) is 7.66. The fourth-order valence-electron chi connectivity index (χ4n) is 4.19. The lowest BCUT2D eigenvalue weighted by Crippen LogP contribution is -2.53. The number of aryl methyl sites for hydroxylation is 1. The van der Waals surface area contributed by atoms with E-state index in [-0.39, 0.29) is 17.4 Å². The number of anilines is 1. The molecule has 0 radical (unpaired) electrons. The maximum Gasteiger partial charge on any atom is 0.228 e. The highest BCUT2D eigenvalue weighted by Gasteiger charge is 2.48. The van der Waals surface area contributed by atoms with Gasteiger partial charge < -0.3 is 15.0 Å². The molecule has 1 saturated heterocycles. The smallest absolute Gasteiger partial charge is 0.228 e. The topological polar surface area (TPSA) is 67.3 Å². The molecule has 1 aromatic heterocycles. The van der Waals surface area contributed by atoms with Crippen molar-refractivity contribution in [3.63, 3.8) is 0 Å². The van der Waals surface area contributed by atoms with Gasteiger partial charge in [0.1, 0.15) is 5.01 Å². The summed E-state index contributed by atoms with van der Waals surface area (Å²) in [6, 6.07) is 0.225. The monoisotopic (exact) mass is 350 g/mol. The quantitative estimate of drug-likeness (QED) is 0.850. The number of methoxy groups -OCH3 is 1. The minimum atomic E-state index is -0.282. The Balaban J connectivity index is 1.45. The highest BCUT2D eigenvalue weighted by atomic mass is 32.1. The second kappa shape index (κ2) is 6.26. The van der Waals surface area contributed by atoms with Gasteiger partial charge in [0.2, 0.25) is 11.0 Å². The number of hydrogen-bond donors (Lipinski definition) is 1. The molecule has 3 aliphatic rings. The summed E-state index contributed by atoms with van der Waals surface area (Å²) in [4.78, 5) is 15.2. The Hall–Kier alpha value is -1.21. The molecule has 0 aromatic carbocycles. The van der Waals surface area contributed by atoms with Crippen LogP contribution in [-0.2, 0) is 9.53 Å². The summed E-state index contributed by atoms with van der Waals surface area (Å²) in [6.45, 7) is 4.37. The summed E-state index contributed by atoms with van der Waals surface area (Å²) in [6.07, 6.45) is 5.62. The Bertz CT molecular complexity index is 611. The number of carbonyl (C=O) groups excluding carboxylic acids is 1. The van der Waals surface area contributed by atoms with Gasteiger partial charge in [-0.2, -0.15) is 0 Å². The molecule has 2 atom stereocenters. The molecule has 6 nitrogen and oxygen atoms in total. The molecule has 0 unspecified atom stereocenters. The van der Waals surface area contributed by atoms with Gasteiger partial charge in [-0.1, -0.05) is 17.8 Å². The standard InChI is InChI=1S/C17H26N4O2S/c1-11-19-20-16(24-11)21-8-13(12-4-5-12)14(9-21)18-15(22)17(10-23-2)6-3-7-17/h12-14H,3-10H2,1-2H3,(H,18,22)/t13-,14+/m0/s1. The van der Waals surface area contributed by atoms with E-state index >= 15 is 0 Å². The lowest BCUT2D eigenvalue weighted by atomic mass is 9.68. The minimum Gasteiger partial charge on any atom is -0.384 e. The van der Waals surface area contributed by atoms with Crippen molar-refractivity contribution in [3.8, 4) is 0 Å². The number of amides is 1. The molecular formula is C17H26N4O2S. The Labute approximate surface area is 147 Å². The summed E-state index contributed by atoms with van der Waals surface area (Å²) < 4.78 is 5.33. The third kappa shape index (κ3) is 2.92. The molecule has 3 fully saturated rings. The van der Waals surface area contributed by atoms with Gasteiger partial charge in [0.25, 0.3) is 0 Å². The van der Waals surface area contributed by atoms with Crippen LogP contribution in [0.5, 0.6) is 0 Å². The SMILES string of the molecule is COCC1(C(=O)N[C@@H]2CN(c3nnc(C)s3)C[C@H]2C2CC2)CCC1. The van der Waals surface area contributed by atoms with Crippen LogP contribution in [0.25, 0.3) is 0 Å². The Morgan fingerprint density at radius 1 is 1.38 bits per heavy atom. The predicted octanol–water partition coefficient (Wildman–Crippen LogP) is 1.99. The molecule has 2 aliphatic carbocycles. The van der Waals surface area contributed by atoms with Crippen LogP contribution < -0.4 is 10.2 Å². The van der Waals surface area contributed by atoms with Crippen LogP contribution in [0, 0.1) is 24.2 Å². The van der Waals surface area contributed by atoms with E-state index in [0.29, 0.717) is 12.5 Å². The normalized spacial score (nSPS) is 28.7. The molecule has 1 amide bonds. The van der Waals surface area contributed by atoms with E-state index in [0.717, 1.165) is 48.4 Å². The van der Waals surface area contributed by atoms with Crippen molar-refractivity contribution in [2.45, 2.75) is 45.1 Å². The molecule has 0 bridgehead atoms. The predicted molar refractivity (Wildman–Crippen MR) is 93.2 cm³/mol. The van der Waals surface area contributed by atoms with Crippen molar-refractivity contribution in [1.29, 1.82) is 0 Å². The van der Waals surface area contributed by atoms with Crippen LogP contribution in [0.2, 0.25) is 0 Å². The molecule has 2 saturated carbocycles. The molecule has 7 heteroatoms. The van der Waals surface area contributed by atoms with Crippen LogP contribution in [0.1, 0.15) is 37.1 Å². The molecule has 24 heavy (non-hydrogen) atoms. The fourth-order valence-corrected chi connectivity index (χ4v) is 4.90.